The number of nitrogens with one attached hydrogen (secondary N) is 4. The Morgan fingerprint density at radius 1 is 1.07 bits per heavy atom. The fraction of sp³-hybridized carbons (Fsp3) is 0.611. The van der Waals surface area contributed by atoms with Gasteiger partial charge < -0.3 is 31.9 Å². The van der Waals surface area contributed by atoms with E-state index in [0.717, 1.165) is 19.3 Å². The number of carbonyl (C=O) groups excluding carboxylic acids is 2. The van der Waals surface area contributed by atoms with Gasteiger partial charge in [-0.05, 0) is 31.3 Å². The van der Waals surface area contributed by atoms with Crippen LogP contribution >= 0.6 is 0 Å². The van der Waals surface area contributed by atoms with Gasteiger partial charge in [-0.15, -0.1) is 0 Å². The number of carboxylic acids is 2. The summed E-state index contributed by atoms with van der Waals surface area (Å²) in [6, 6.07) is -2.58. The van der Waals surface area contributed by atoms with E-state index in [9.17, 15) is 19.2 Å². The molecule has 0 fully saturated rings. The molecule has 2 amide bonds. The van der Waals surface area contributed by atoms with Crippen molar-refractivity contribution < 1.29 is 29.4 Å². The Kier molecular flexibility index (Phi) is 12.5. The SMILES string of the molecule is CC(C)[C@H](NC(=O)[C@H](CC(=O)O)NC(=O)C=CCCCCCNC(=N)N)C(=O)O. The molecule has 11 heteroatoms. The molecule has 0 radical (unpaired) electrons. The van der Waals surface area contributed by atoms with Gasteiger partial charge in [0.25, 0.3) is 0 Å². The summed E-state index contributed by atoms with van der Waals surface area (Å²) >= 11 is 0. The lowest BCUT2D eigenvalue weighted by atomic mass is 10.0. The summed E-state index contributed by atoms with van der Waals surface area (Å²) < 4.78 is 0. The first-order valence-electron chi connectivity index (χ1n) is 9.34. The monoisotopic (exact) mass is 413 g/mol. The molecule has 0 aliphatic carbocycles. The molecule has 0 aromatic rings. The van der Waals surface area contributed by atoms with Crippen LogP contribution in [0.25, 0.3) is 0 Å². The molecule has 0 aliphatic rings. The van der Waals surface area contributed by atoms with Gasteiger partial charge in [0.15, 0.2) is 5.96 Å². The highest BCUT2D eigenvalue weighted by Crippen LogP contribution is 2.04. The highest BCUT2D eigenvalue weighted by atomic mass is 16.4. The van der Waals surface area contributed by atoms with Gasteiger partial charge >= 0.3 is 11.9 Å². The number of aliphatic carboxylic acids is 2. The molecular formula is C18H31N5O6. The highest BCUT2D eigenvalue weighted by molar-refractivity contribution is 5.95. The molecule has 0 spiro atoms. The number of allylic oxidation sites excluding steroid dienone is 1. The van der Waals surface area contributed by atoms with Gasteiger partial charge in [0.05, 0.1) is 6.42 Å². The zero-order valence-corrected chi connectivity index (χ0v) is 16.7. The molecule has 0 aromatic carbocycles. The van der Waals surface area contributed by atoms with Crippen molar-refractivity contribution in [2.75, 3.05) is 6.54 Å². The Morgan fingerprint density at radius 3 is 2.24 bits per heavy atom. The third-order valence-corrected chi connectivity index (χ3v) is 3.87. The van der Waals surface area contributed by atoms with Crippen molar-refractivity contribution in [3.63, 3.8) is 0 Å². The minimum absolute atomic E-state index is 0.0791. The van der Waals surface area contributed by atoms with E-state index in [-0.39, 0.29) is 5.96 Å². The van der Waals surface area contributed by atoms with E-state index < -0.39 is 48.2 Å². The molecule has 11 nitrogen and oxygen atoms in total. The molecular weight excluding hydrogens is 382 g/mol. The second kappa shape index (κ2) is 14.0. The molecule has 0 rings (SSSR count). The fourth-order valence-corrected chi connectivity index (χ4v) is 2.35. The van der Waals surface area contributed by atoms with Gasteiger partial charge in [0.1, 0.15) is 12.1 Å². The summed E-state index contributed by atoms with van der Waals surface area (Å²) in [4.78, 5) is 46.4. The van der Waals surface area contributed by atoms with Crippen LogP contribution in [0.3, 0.4) is 0 Å². The predicted octanol–water partition coefficient (Wildman–Crippen LogP) is -0.229. The maximum Gasteiger partial charge on any atom is 0.326 e. The molecule has 8 N–H and O–H groups in total. The molecule has 0 aliphatic heterocycles. The van der Waals surface area contributed by atoms with E-state index in [2.05, 4.69) is 16.0 Å². The standard InChI is InChI=1S/C18H31N5O6/c1-11(2)15(17(28)29)23-16(27)12(10-14(25)26)22-13(24)8-6-4-3-5-7-9-21-18(19)20/h6,8,11-12,15H,3-5,7,9-10H2,1-2H3,(H,22,24)(H,23,27)(H,25,26)(H,28,29)(H4,19,20,21)/t12-,15-/m0/s1. The third kappa shape index (κ3) is 12.8. The van der Waals surface area contributed by atoms with Gasteiger partial charge in [-0.25, -0.2) is 4.79 Å². The number of amides is 2. The lowest BCUT2D eigenvalue weighted by molar-refractivity contribution is -0.144. The molecule has 0 saturated carbocycles. The maximum atomic E-state index is 12.3. The zero-order chi connectivity index (χ0) is 22.4. The number of rotatable bonds is 14. The summed E-state index contributed by atoms with van der Waals surface area (Å²) in [7, 11) is 0. The smallest absolute Gasteiger partial charge is 0.326 e. The first kappa shape index (κ1) is 25.9. The summed E-state index contributed by atoms with van der Waals surface area (Å²) in [5.41, 5.74) is 5.16. The van der Waals surface area contributed by atoms with Crippen molar-refractivity contribution in [3.8, 4) is 0 Å². The minimum atomic E-state index is -1.39. The van der Waals surface area contributed by atoms with Gasteiger partial charge in [0.2, 0.25) is 11.8 Å². The first-order chi connectivity index (χ1) is 13.5. The summed E-state index contributed by atoms with van der Waals surface area (Å²) in [5, 5.41) is 32.3. The average molecular weight is 413 g/mol. The van der Waals surface area contributed by atoms with E-state index in [1.165, 1.54) is 6.08 Å². The van der Waals surface area contributed by atoms with Crippen LogP contribution in [0.1, 0.15) is 46.0 Å². The van der Waals surface area contributed by atoms with Crippen molar-refractivity contribution in [2.24, 2.45) is 11.7 Å². The second-order valence-corrected chi connectivity index (χ2v) is 6.82. The number of unbranched alkanes of at least 4 members (excludes halogenated alkanes) is 3. The molecule has 0 heterocycles. The van der Waals surface area contributed by atoms with Crippen LogP contribution in [0, 0.1) is 11.3 Å². The Balaban J connectivity index is 4.56. The Hall–Kier alpha value is -3.11. The number of carboxylic acid groups (broad SMARTS) is 2. The quantitative estimate of drug-likeness (QED) is 0.0877. The lowest BCUT2D eigenvalue weighted by Gasteiger charge is -2.22. The van der Waals surface area contributed by atoms with Crippen LogP contribution in [0.2, 0.25) is 0 Å². The molecule has 164 valence electrons. The van der Waals surface area contributed by atoms with Crippen molar-refractivity contribution in [1.82, 2.24) is 16.0 Å². The average Bonchev–Trinajstić information content (AvgIpc) is 2.59. The Morgan fingerprint density at radius 2 is 1.72 bits per heavy atom. The van der Waals surface area contributed by atoms with E-state index in [1.807, 2.05) is 0 Å². The van der Waals surface area contributed by atoms with Gasteiger partial charge in [-0.3, -0.25) is 19.8 Å². The minimum Gasteiger partial charge on any atom is -0.481 e. The number of nitrogens with two attached hydrogens (primary N) is 1. The maximum absolute atomic E-state index is 12.3. The van der Waals surface area contributed by atoms with Crippen LogP contribution in [0.15, 0.2) is 12.2 Å². The third-order valence-electron chi connectivity index (χ3n) is 3.87. The number of guanidine groups is 1. The molecule has 0 unspecified atom stereocenters. The van der Waals surface area contributed by atoms with Crippen LogP contribution in [0.5, 0.6) is 0 Å². The number of hydrogen-bond donors (Lipinski definition) is 7. The molecule has 0 aromatic heterocycles. The fourth-order valence-electron chi connectivity index (χ4n) is 2.35. The van der Waals surface area contributed by atoms with Crippen LogP contribution in [0.4, 0.5) is 0 Å². The van der Waals surface area contributed by atoms with Crippen molar-refractivity contribution in [1.29, 1.82) is 5.41 Å². The highest BCUT2D eigenvalue weighted by Gasteiger charge is 2.29. The van der Waals surface area contributed by atoms with Crippen LogP contribution in [-0.4, -0.2) is 58.6 Å². The summed E-state index contributed by atoms with van der Waals surface area (Å²) in [6.07, 6.45) is 5.25. The summed E-state index contributed by atoms with van der Waals surface area (Å²) in [5.74, 6) is -4.54. The van der Waals surface area contributed by atoms with Crippen molar-refractivity contribution >= 4 is 29.7 Å². The normalized spacial score (nSPS) is 12.9. The van der Waals surface area contributed by atoms with Crippen LogP contribution < -0.4 is 21.7 Å². The van der Waals surface area contributed by atoms with Crippen LogP contribution in [-0.2, 0) is 19.2 Å². The molecule has 29 heavy (non-hydrogen) atoms. The van der Waals surface area contributed by atoms with E-state index >= 15 is 0 Å². The van der Waals surface area contributed by atoms with Crippen molar-refractivity contribution in [3.05, 3.63) is 12.2 Å². The summed E-state index contributed by atoms with van der Waals surface area (Å²) in [6.45, 7) is 3.80. The van der Waals surface area contributed by atoms with E-state index in [4.69, 9.17) is 21.4 Å². The van der Waals surface area contributed by atoms with Gasteiger partial charge in [0, 0.05) is 6.54 Å². The Labute approximate surface area is 169 Å². The second-order valence-electron chi connectivity index (χ2n) is 6.82. The lowest BCUT2D eigenvalue weighted by Crippen LogP contribution is -2.53. The first-order valence-corrected chi connectivity index (χ1v) is 9.34. The molecule has 0 saturated heterocycles. The predicted molar refractivity (Wildman–Crippen MR) is 106 cm³/mol. The largest absolute Gasteiger partial charge is 0.481 e. The number of carbonyl (C=O) groups is 4. The van der Waals surface area contributed by atoms with Gasteiger partial charge in [-0.1, -0.05) is 26.3 Å². The van der Waals surface area contributed by atoms with Gasteiger partial charge in [-0.2, -0.15) is 0 Å². The molecule has 2 atom stereocenters. The Bertz CT molecular complexity index is 620. The topological polar surface area (TPSA) is 195 Å². The van der Waals surface area contributed by atoms with E-state index in [0.29, 0.717) is 13.0 Å². The molecule has 0 bridgehead atoms. The number of hydrogen-bond acceptors (Lipinski definition) is 5. The van der Waals surface area contributed by atoms with E-state index in [1.54, 1.807) is 19.9 Å². The van der Waals surface area contributed by atoms with Crippen molar-refractivity contribution in [2.45, 2.75) is 58.0 Å². The zero-order valence-electron chi connectivity index (χ0n) is 16.7.